The minimum atomic E-state index is -3.64. The number of sulfonamides is 1. The number of carbonyl (C=O) groups excluding carboxylic acids is 2. The van der Waals surface area contributed by atoms with Gasteiger partial charge in [0.1, 0.15) is 5.58 Å². The fraction of sp³-hybridized carbons (Fsp3) is 0.200. The van der Waals surface area contributed by atoms with E-state index in [1.165, 1.54) is 38.4 Å². The maximum atomic E-state index is 12.3. The number of nitrogens with one attached hydrogen (secondary N) is 1. The molecule has 0 unspecified atom stereocenters. The molecule has 158 valence electrons. The zero-order valence-corrected chi connectivity index (χ0v) is 18.0. The predicted molar refractivity (Wildman–Crippen MR) is 112 cm³/mol. The van der Waals surface area contributed by atoms with Gasteiger partial charge in [0, 0.05) is 35.8 Å². The summed E-state index contributed by atoms with van der Waals surface area (Å²) in [7, 11) is -0.821. The van der Waals surface area contributed by atoms with E-state index >= 15 is 0 Å². The van der Waals surface area contributed by atoms with Crippen LogP contribution in [-0.4, -0.2) is 45.3 Å². The lowest BCUT2D eigenvalue weighted by Crippen LogP contribution is -2.23. The third-order valence-corrected chi connectivity index (χ3v) is 6.36. The average Bonchev–Trinajstić information content (AvgIpc) is 3.02. The van der Waals surface area contributed by atoms with Crippen molar-refractivity contribution in [3.63, 3.8) is 0 Å². The third kappa shape index (κ3) is 4.48. The summed E-state index contributed by atoms with van der Waals surface area (Å²) in [6.07, 6.45) is 0. The molecule has 0 aliphatic carbocycles. The van der Waals surface area contributed by atoms with Crippen LogP contribution in [0, 0.1) is 6.92 Å². The van der Waals surface area contributed by atoms with Crippen LogP contribution < -0.4 is 5.32 Å². The van der Waals surface area contributed by atoms with E-state index in [4.69, 9.17) is 20.8 Å². The van der Waals surface area contributed by atoms with Crippen molar-refractivity contribution in [2.75, 3.05) is 26.0 Å². The third-order valence-electron chi connectivity index (χ3n) is 4.31. The first kappa shape index (κ1) is 21.8. The van der Waals surface area contributed by atoms with Gasteiger partial charge in [-0.3, -0.25) is 4.79 Å². The maximum Gasteiger partial charge on any atom is 0.375 e. The summed E-state index contributed by atoms with van der Waals surface area (Å²) in [6, 6.07) is 10.7. The van der Waals surface area contributed by atoms with Crippen LogP contribution in [0.4, 0.5) is 5.69 Å². The molecular formula is C20H19ClN2O6S. The number of fused-ring (bicyclic) bond motifs is 1. The molecule has 3 rings (SSSR count). The van der Waals surface area contributed by atoms with Crippen LogP contribution in [0.1, 0.15) is 16.1 Å². The van der Waals surface area contributed by atoms with Crippen molar-refractivity contribution in [1.29, 1.82) is 0 Å². The fourth-order valence-electron chi connectivity index (χ4n) is 2.73. The zero-order chi connectivity index (χ0) is 22.1. The van der Waals surface area contributed by atoms with Crippen molar-refractivity contribution >= 4 is 50.2 Å². The smallest absolute Gasteiger partial charge is 0.375 e. The van der Waals surface area contributed by atoms with Gasteiger partial charge in [0.15, 0.2) is 6.61 Å². The Balaban J connectivity index is 1.67. The van der Waals surface area contributed by atoms with Gasteiger partial charge in [0.2, 0.25) is 15.8 Å². The molecule has 0 fully saturated rings. The zero-order valence-electron chi connectivity index (χ0n) is 16.4. The number of nitrogens with zero attached hydrogens (tertiary/aromatic N) is 1. The molecule has 1 heterocycles. The average molecular weight is 451 g/mol. The molecule has 0 saturated carbocycles. The number of aryl methyl sites for hydroxylation is 1. The summed E-state index contributed by atoms with van der Waals surface area (Å²) < 4.78 is 36.0. The number of hydrogen-bond acceptors (Lipinski definition) is 6. The molecule has 0 bridgehead atoms. The molecule has 10 heteroatoms. The van der Waals surface area contributed by atoms with E-state index in [-0.39, 0.29) is 16.3 Å². The Morgan fingerprint density at radius 1 is 1.17 bits per heavy atom. The molecule has 0 aliphatic rings. The lowest BCUT2D eigenvalue weighted by Gasteiger charge is -2.12. The van der Waals surface area contributed by atoms with Crippen molar-refractivity contribution in [2.24, 2.45) is 0 Å². The fourth-order valence-corrected chi connectivity index (χ4v) is 3.85. The highest BCUT2D eigenvalue weighted by Crippen LogP contribution is 2.28. The Labute approximate surface area is 178 Å². The number of rotatable bonds is 6. The predicted octanol–water partition coefficient (Wildman–Crippen LogP) is 3.44. The Morgan fingerprint density at radius 3 is 2.60 bits per heavy atom. The summed E-state index contributed by atoms with van der Waals surface area (Å²) in [4.78, 5) is 24.5. The van der Waals surface area contributed by atoms with Crippen molar-refractivity contribution in [3.8, 4) is 0 Å². The van der Waals surface area contributed by atoms with Gasteiger partial charge in [-0.25, -0.2) is 17.5 Å². The van der Waals surface area contributed by atoms with Crippen molar-refractivity contribution in [1.82, 2.24) is 4.31 Å². The van der Waals surface area contributed by atoms with Gasteiger partial charge in [-0.15, -0.1) is 0 Å². The van der Waals surface area contributed by atoms with E-state index in [1.807, 2.05) is 0 Å². The van der Waals surface area contributed by atoms with Crippen LogP contribution in [-0.2, 0) is 19.6 Å². The molecule has 0 aliphatic heterocycles. The lowest BCUT2D eigenvalue weighted by molar-refractivity contribution is -0.119. The van der Waals surface area contributed by atoms with E-state index in [0.717, 1.165) is 4.31 Å². The number of hydrogen-bond donors (Lipinski definition) is 1. The molecule has 0 atom stereocenters. The SMILES string of the molecule is Cc1c(C(=O)OCC(=O)Nc2cccc(S(=O)(=O)N(C)C)c2)oc2ccc(Cl)cc12. The topological polar surface area (TPSA) is 106 Å². The largest absolute Gasteiger partial charge is 0.450 e. The van der Waals surface area contributed by atoms with Gasteiger partial charge in [-0.2, -0.15) is 0 Å². The van der Waals surface area contributed by atoms with Crippen LogP contribution >= 0.6 is 11.6 Å². The standard InChI is InChI=1S/C20H19ClN2O6S/c1-12-16-9-13(21)7-8-17(16)29-19(12)20(25)28-11-18(24)22-14-5-4-6-15(10-14)30(26,27)23(2)3/h4-10H,11H2,1-3H3,(H,22,24). The summed E-state index contributed by atoms with van der Waals surface area (Å²) in [6.45, 7) is 1.12. The summed E-state index contributed by atoms with van der Waals surface area (Å²) in [5, 5.41) is 3.68. The van der Waals surface area contributed by atoms with Gasteiger partial charge in [0.05, 0.1) is 4.90 Å². The minimum Gasteiger partial charge on any atom is -0.450 e. The molecule has 0 radical (unpaired) electrons. The maximum absolute atomic E-state index is 12.3. The molecule has 1 amide bonds. The highest BCUT2D eigenvalue weighted by atomic mass is 35.5. The molecular weight excluding hydrogens is 432 g/mol. The summed E-state index contributed by atoms with van der Waals surface area (Å²) >= 11 is 5.96. The Morgan fingerprint density at radius 2 is 1.90 bits per heavy atom. The van der Waals surface area contributed by atoms with Crippen LogP contribution in [0.3, 0.4) is 0 Å². The van der Waals surface area contributed by atoms with Crippen molar-refractivity contribution in [3.05, 3.63) is 58.8 Å². The number of amides is 1. The first-order valence-electron chi connectivity index (χ1n) is 8.78. The number of halogens is 1. The Kier molecular flexibility index (Phi) is 6.16. The first-order chi connectivity index (χ1) is 14.1. The van der Waals surface area contributed by atoms with Gasteiger partial charge >= 0.3 is 5.97 Å². The quantitative estimate of drug-likeness (QED) is 0.576. The summed E-state index contributed by atoms with van der Waals surface area (Å²) in [5.74, 6) is -1.43. The van der Waals surface area contributed by atoms with E-state index in [1.54, 1.807) is 25.1 Å². The van der Waals surface area contributed by atoms with Crippen LogP contribution in [0.15, 0.2) is 51.8 Å². The van der Waals surface area contributed by atoms with Gasteiger partial charge in [0.25, 0.3) is 5.91 Å². The lowest BCUT2D eigenvalue weighted by atomic mass is 10.1. The van der Waals surface area contributed by atoms with E-state index in [0.29, 0.717) is 21.6 Å². The van der Waals surface area contributed by atoms with Crippen LogP contribution in [0.2, 0.25) is 5.02 Å². The Bertz CT molecular complexity index is 1230. The molecule has 3 aromatic rings. The monoisotopic (exact) mass is 450 g/mol. The second-order valence-electron chi connectivity index (χ2n) is 6.64. The van der Waals surface area contributed by atoms with Gasteiger partial charge < -0.3 is 14.5 Å². The second kappa shape index (κ2) is 8.47. The highest BCUT2D eigenvalue weighted by molar-refractivity contribution is 7.89. The van der Waals surface area contributed by atoms with Crippen molar-refractivity contribution < 1.29 is 27.2 Å². The number of furan rings is 1. The Hall–Kier alpha value is -2.88. The summed E-state index contributed by atoms with van der Waals surface area (Å²) in [5.41, 5.74) is 1.29. The van der Waals surface area contributed by atoms with E-state index in [2.05, 4.69) is 5.32 Å². The van der Waals surface area contributed by atoms with Crippen LogP contribution in [0.25, 0.3) is 11.0 Å². The molecule has 8 nitrogen and oxygen atoms in total. The second-order valence-corrected chi connectivity index (χ2v) is 9.22. The number of anilines is 1. The molecule has 0 spiro atoms. The molecule has 0 saturated heterocycles. The number of ether oxygens (including phenoxy) is 1. The molecule has 2 aromatic carbocycles. The van der Waals surface area contributed by atoms with Gasteiger partial charge in [-0.1, -0.05) is 17.7 Å². The van der Waals surface area contributed by atoms with Crippen LogP contribution in [0.5, 0.6) is 0 Å². The van der Waals surface area contributed by atoms with Crippen molar-refractivity contribution in [2.45, 2.75) is 11.8 Å². The first-order valence-corrected chi connectivity index (χ1v) is 10.6. The molecule has 1 aromatic heterocycles. The van der Waals surface area contributed by atoms with E-state index < -0.39 is 28.5 Å². The number of benzene rings is 2. The highest BCUT2D eigenvalue weighted by Gasteiger charge is 2.21. The molecule has 30 heavy (non-hydrogen) atoms. The molecule has 1 N–H and O–H groups in total. The number of esters is 1. The van der Waals surface area contributed by atoms with Gasteiger partial charge in [-0.05, 0) is 43.3 Å². The minimum absolute atomic E-state index is 0.0147. The van der Waals surface area contributed by atoms with E-state index in [9.17, 15) is 18.0 Å². The normalized spacial score (nSPS) is 11.6. The number of carbonyl (C=O) groups is 2.